The highest BCUT2D eigenvalue weighted by atomic mass is 16.2. The standard InChI is InChI=1S/C9H19N3O2/c1-4-12(5-2)7-6-8(13)11-9(14)10-3/h4-7H2,1-3H3,(H2,10,11,13,14). The molecule has 2 N–H and O–H groups in total. The van der Waals surface area contributed by atoms with Crippen molar-refractivity contribution in [3.8, 4) is 0 Å². The molecular formula is C9H19N3O2. The normalized spacial score (nSPS) is 10.0. The van der Waals surface area contributed by atoms with Crippen molar-refractivity contribution < 1.29 is 9.59 Å². The van der Waals surface area contributed by atoms with E-state index in [-0.39, 0.29) is 5.91 Å². The Morgan fingerprint density at radius 2 is 1.79 bits per heavy atom. The van der Waals surface area contributed by atoms with Crippen molar-refractivity contribution >= 4 is 11.9 Å². The number of hydrogen-bond donors (Lipinski definition) is 2. The first-order valence-electron chi connectivity index (χ1n) is 4.87. The van der Waals surface area contributed by atoms with Gasteiger partial charge < -0.3 is 10.2 Å². The van der Waals surface area contributed by atoms with E-state index in [0.29, 0.717) is 13.0 Å². The molecule has 0 unspecified atom stereocenters. The second kappa shape index (κ2) is 7.32. The molecule has 0 aliphatic heterocycles. The summed E-state index contributed by atoms with van der Waals surface area (Å²) in [5, 5.41) is 4.54. The van der Waals surface area contributed by atoms with Crippen molar-refractivity contribution in [2.75, 3.05) is 26.7 Å². The number of carbonyl (C=O) groups is 2. The lowest BCUT2D eigenvalue weighted by Gasteiger charge is -2.16. The van der Waals surface area contributed by atoms with Crippen LogP contribution < -0.4 is 10.6 Å². The Balaban J connectivity index is 3.67. The highest BCUT2D eigenvalue weighted by Crippen LogP contribution is 1.90. The third kappa shape index (κ3) is 5.53. The van der Waals surface area contributed by atoms with E-state index < -0.39 is 6.03 Å². The highest BCUT2D eigenvalue weighted by molar-refractivity contribution is 5.94. The van der Waals surface area contributed by atoms with E-state index in [9.17, 15) is 9.59 Å². The Labute approximate surface area is 84.8 Å². The van der Waals surface area contributed by atoms with Crippen LogP contribution in [-0.4, -0.2) is 43.5 Å². The molecule has 14 heavy (non-hydrogen) atoms. The van der Waals surface area contributed by atoms with Gasteiger partial charge in [0.1, 0.15) is 0 Å². The molecule has 0 aromatic carbocycles. The first-order chi connectivity index (χ1) is 6.63. The fourth-order valence-corrected chi connectivity index (χ4v) is 1.05. The molecule has 0 radical (unpaired) electrons. The lowest BCUT2D eigenvalue weighted by Crippen LogP contribution is -2.39. The lowest BCUT2D eigenvalue weighted by atomic mass is 10.3. The van der Waals surface area contributed by atoms with Gasteiger partial charge >= 0.3 is 6.03 Å². The van der Waals surface area contributed by atoms with Crippen molar-refractivity contribution in [3.63, 3.8) is 0 Å². The Morgan fingerprint density at radius 1 is 1.21 bits per heavy atom. The second-order valence-corrected chi connectivity index (χ2v) is 2.90. The summed E-state index contributed by atoms with van der Waals surface area (Å²) in [4.78, 5) is 24.0. The number of nitrogens with zero attached hydrogens (tertiary/aromatic N) is 1. The Kier molecular flexibility index (Phi) is 6.74. The van der Waals surface area contributed by atoms with Gasteiger partial charge in [-0.3, -0.25) is 10.1 Å². The summed E-state index contributed by atoms with van der Waals surface area (Å²) in [7, 11) is 1.48. The Morgan fingerprint density at radius 3 is 2.21 bits per heavy atom. The molecule has 0 aliphatic carbocycles. The lowest BCUT2D eigenvalue weighted by molar-refractivity contribution is -0.120. The number of nitrogens with one attached hydrogen (secondary N) is 2. The van der Waals surface area contributed by atoms with Crippen LogP contribution in [-0.2, 0) is 4.79 Å². The third-order valence-corrected chi connectivity index (χ3v) is 2.03. The van der Waals surface area contributed by atoms with Gasteiger partial charge in [-0.2, -0.15) is 0 Å². The topological polar surface area (TPSA) is 61.4 Å². The molecule has 5 nitrogen and oxygen atoms in total. The number of urea groups is 1. The molecule has 0 fully saturated rings. The fraction of sp³-hybridized carbons (Fsp3) is 0.778. The molecule has 0 saturated heterocycles. The molecule has 3 amide bonds. The summed E-state index contributed by atoms with van der Waals surface area (Å²) in [6.07, 6.45) is 0.356. The van der Waals surface area contributed by atoms with E-state index in [4.69, 9.17) is 0 Å². The van der Waals surface area contributed by atoms with Crippen LogP contribution in [0.1, 0.15) is 20.3 Å². The first-order valence-corrected chi connectivity index (χ1v) is 4.87. The number of hydrogen-bond acceptors (Lipinski definition) is 3. The van der Waals surface area contributed by atoms with Crippen LogP contribution >= 0.6 is 0 Å². The maximum Gasteiger partial charge on any atom is 0.321 e. The average Bonchev–Trinajstić information content (AvgIpc) is 2.19. The van der Waals surface area contributed by atoms with Crippen molar-refractivity contribution in [1.82, 2.24) is 15.5 Å². The van der Waals surface area contributed by atoms with Gasteiger partial charge in [-0.05, 0) is 13.1 Å². The van der Waals surface area contributed by atoms with Crippen LogP contribution in [0.15, 0.2) is 0 Å². The molecule has 82 valence electrons. The summed E-state index contributed by atoms with van der Waals surface area (Å²) in [6.45, 7) is 6.61. The van der Waals surface area contributed by atoms with E-state index in [2.05, 4.69) is 15.5 Å². The van der Waals surface area contributed by atoms with Gasteiger partial charge in [-0.25, -0.2) is 4.79 Å². The van der Waals surface area contributed by atoms with Crippen LogP contribution in [0, 0.1) is 0 Å². The van der Waals surface area contributed by atoms with Crippen LogP contribution in [0.2, 0.25) is 0 Å². The van der Waals surface area contributed by atoms with Crippen LogP contribution in [0.4, 0.5) is 4.79 Å². The summed E-state index contributed by atoms with van der Waals surface area (Å²) in [5.74, 6) is -0.240. The van der Waals surface area contributed by atoms with E-state index >= 15 is 0 Å². The highest BCUT2D eigenvalue weighted by Gasteiger charge is 2.07. The van der Waals surface area contributed by atoms with Crippen molar-refractivity contribution in [3.05, 3.63) is 0 Å². The van der Waals surface area contributed by atoms with Crippen LogP contribution in [0.3, 0.4) is 0 Å². The van der Waals surface area contributed by atoms with Gasteiger partial charge in [0, 0.05) is 20.0 Å². The quantitative estimate of drug-likeness (QED) is 0.666. The fourth-order valence-electron chi connectivity index (χ4n) is 1.05. The SMILES string of the molecule is CCN(CC)CCC(=O)NC(=O)NC. The van der Waals surface area contributed by atoms with Gasteiger partial charge in [-0.1, -0.05) is 13.8 Å². The average molecular weight is 201 g/mol. The molecule has 0 aliphatic rings. The van der Waals surface area contributed by atoms with Gasteiger partial charge in [0.05, 0.1) is 0 Å². The summed E-state index contributed by atoms with van der Waals surface area (Å²) in [6, 6.07) is -0.449. The Bertz CT molecular complexity index is 190. The molecule has 0 heterocycles. The predicted octanol–water partition coefficient (Wildman–Crippen LogP) is 0.174. The summed E-state index contributed by atoms with van der Waals surface area (Å²) in [5.41, 5.74) is 0. The smallest absolute Gasteiger partial charge is 0.321 e. The molecular weight excluding hydrogens is 182 g/mol. The molecule has 0 spiro atoms. The van der Waals surface area contributed by atoms with Crippen LogP contribution in [0.25, 0.3) is 0 Å². The molecule has 0 rings (SSSR count). The molecule has 5 heteroatoms. The molecule has 0 aromatic rings. The van der Waals surface area contributed by atoms with Crippen molar-refractivity contribution in [1.29, 1.82) is 0 Å². The predicted molar refractivity (Wildman–Crippen MR) is 55.0 cm³/mol. The van der Waals surface area contributed by atoms with E-state index in [0.717, 1.165) is 13.1 Å². The monoisotopic (exact) mass is 201 g/mol. The summed E-state index contributed by atoms with van der Waals surface area (Å²) < 4.78 is 0. The van der Waals surface area contributed by atoms with Crippen molar-refractivity contribution in [2.24, 2.45) is 0 Å². The minimum Gasteiger partial charge on any atom is -0.341 e. The zero-order chi connectivity index (χ0) is 11.0. The van der Waals surface area contributed by atoms with E-state index in [1.54, 1.807) is 0 Å². The van der Waals surface area contributed by atoms with E-state index in [1.165, 1.54) is 7.05 Å². The van der Waals surface area contributed by atoms with Gasteiger partial charge in [0.25, 0.3) is 0 Å². The molecule has 0 bridgehead atoms. The van der Waals surface area contributed by atoms with Crippen molar-refractivity contribution in [2.45, 2.75) is 20.3 Å². The molecule has 0 atom stereocenters. The van der Waals surface area contributed by atoms with Crippen LogP contribution in [0.5, 0.6) is 0 Å². The minimum absolute atomic E-state index is 0.240. The first kappa shape index (κ1) is 12.9. The second-order valence-electron chi connectivity index (χ2n) is 2.90. The third-order valence-electron chi connectivity index (χ3n) is 2.03. The van der Waals surface area contributed by atoms with Gasteiger partial charge in [0.15, 0.2) is 0 Å². The molecule has 0 saturated carbocycles. The zero-order valence-electron chi connectivity index (χ0n) is 9.09. The maximum absolute atomic E-state index is 11.2. The Hall–Kier alpha value is -1.10. The van der Waals surface area contributed by atoms with E-state index in [1.807, 2.05) is 13.8 Å². The number of rotatable bonds is 5. The van der Waals surface area contributed by atoms with Gasteiger partial charge in [-0.15, -0.1) is 0 Å². The maximum atomic E-state index is 11.2. The largest absolute Gasteiger partial charge is 0.341 e. The molecule has 0 aromatic heterocycles. The summed E-state index contributed by atoms with van der Waals surface area (Å²) >= 11 is 0. The minimum atomic E-state index is -0.449. The number of amides is 3. The zero-order valence-corrected chi connectivity index (χ0v) is 9.09. The van der Waals surface area contributed by atoms with Gasteiger partial charge in [0.2, 0.25) is 5.91 Å². The number of carbonyl (C=O) groups excluding carboxylic acids is 2. The number of imide groups is 1.